The van der Waals surface area contributed by atoms with Crippen LogP contribution in [0.3, 0.4) is 0 Å². The van der Waals surface area contributed by atoms with Crippen LogP contribution in [0.5, 0.6) is 0 Å². The number of amides is 1. The number of benzene rings is 2. The highest BCUT2D eigenvalue weighted by molar-refractivity contribution is 7.99. The molecule has 1 aliphatic rings. The summed E-state index contributed by atoms with van der Waals surface area (Å²) < 4.78 is 16.7. The van der Waals surface area contributed by atoms with Crippen LogP contribution in [0.2, 0.25) is 0 Å². The van der Waals surface area contributed by atoms with Gasteiger partial charge in [0.25, 0.3) is 5.56 Å². The Morgan fingerprint density at radius 3 is 2.76 bits per heavy atom. The van der Waals surface area contributed by atoms with Crippen molar-refractivity contribution in [1.29, 1.82) is 0 Å². The van der Waals surface area contributed by atoms with Crippen molar-refractivity contribution in [3.8, 4) is 0 Å². The minimum Gasteiger partial charge on any atom is -0.335 e. The number of carbonyl (C=O) groups is 1. The van der Waals surface area contributed by atoms with E-state index in [0.717, 1.165) is 18.4 Å². The Bertz CT molecular complexity index is 1410. The maximum absolute atomic E-state index is 13.3. The highest BCUT2D eigenvalue weighted by Crippen LogP contribution is 2.33. The third kappa shape index (κ3) is 3.82. The maximum atomic E-state index is 13.3. The Kier molecular flexibility index (Phi) is 5.72. The molecule has 2 aromatic heterocycles. The number of halogens is 1. The molecule has 168 valence electrons. The molecule has 1 aliphatic heterocycles. The Balaban J connectivity index is 1.44. The Morgan fingerprint density at radius 1 is 1.18 bits per heavy atom. The quantitative estimate of drug-likeness (QED) is 0.321. The van der Waals surface area contributed by atoms with E-state index in [2.05, 4.69) is 16.8 Å². The van der Waals surface area contributed by atoms with Crippen LogP contribution in [0, 0.1) is 5.82 Å². The van der Waals surface area contributed by atoms with E-state index in [-0.39, 0.29) is 29.1 Å². The SMILES string of the molecule is C=CCn1c(=O)c2ccccc2n2c(SCC(=O)N3CCCC3c3ccc(F)cc3)nnc12. The Morgan fingerprint density at radius 2 is 1.97 bits per heavy atom. The average molecular weight is 464 g/mol. The Labute approximate surface area is 193 Å². The maximum Gasteiger partial charge on any atom is 0.263 e. The molecule has 4 aromatic rings. The van der Waals surface area contributed by atoms with E-state index < -0.39 is 0 Å². The fraction of sp³-hybridized carbons (Fsp3) is 0.250. The van der Waals surface area contributed by atoms with Crippen LogP contribution in [0.4, 0.5) is 4.39 Å². The van der Waals surface area contributed by atoms with Gasteiger partial charge < -0.3 is 4.90 Å². The first-order valence-electron chi connectivity index (χ1n) is 10.7. The third-order valence-corrected chi connectivity index (χ3v) is 6.86. The zero-order chi connectivity index (χ0) is 22.9. The molecule has 0 bridgehead atoms. The number of fused-ring (bicyclic) bond motifs is 3. The lowest BCUT2D eigenvalue weighted by Gasteiger charge is -2.25. The van der Waals surface area contributed by atoms with Gasteiger partial charge in [-0.3, -0.25) is 18.6 Å². The van der Waals surface area contributed by atoms with Crippen LogP contribution in [0.1, 0.15) is 24.4 Å². The van der Waals surface area contributed by atoms with E-state index in [0.29, 0.717) is 34.9 Å². The van der Waals surface area contributed by atoms with Crippen molar-refractivity contribution in [2.45, 2.75) is 30.6 Å². The molecule has 0 radical (unpaired) electrons. The molecule has 33 heavy (non-hydrogen) atoms. The van der Waals surface area contributed by atoms with E-state index in [9.17, 15) is 14.0 Å². The van der Waals surface area contributed by atoms with Crippen LogP contribution < -0.4 is 5.56 Å². The van der Waals surface area contributed by atoms with Crippen LogP contribution in [0.25, 0.3) is 16.7 Å². The van der Waals surface area contributed by atoms with Crippen molar-refractivity contribution in [3.63, 3.8) is 0 Å². The second kappa shape index (κ2) is 8.82. The number of aromatic nitrogens is 4. The predicted octanol–water partition coefficient (Wildman–Crippen LogP) is 3.83. The lowest BCUT2D eigenvalue weighted by atomic mass is 10.0. The second-order valence-corrected chi connectivity index (χ2v) is 8.87. The van der Waals surface area contributed by atoms with Crippen molar-refractivity contribution >= 4 is 34.3 Å². The number of carbonyl (C=O) groups excluding carboxylic acids is 1. The smallest absolute Gasteiger partial charge is 0.263 e. The molecule has 2 aromatic carbocycles. The molecule has 0 aliphatic carbocycles. The fourth-order valence-electron chi connectivity index (χ4n) is 4.43. The molecule has 1 saturated heterocycles. The fourth-order valence-corrected chi connectivity index (χ4v) is 5.25. The molecule has 1 fully saturated rings. The zero-order valence-electron chi connectivity index (χ0n) is 17.9. The molecule has 0 N–H and O–H groups in total. The van der Waals surface area contributed by atoms with Crippen LogP contribution in [-0.2, 0) is 11.3 Å². The Hall–Kier alpha value is -3.46. The van der Waals surface area contributed by atoms with Gasteiger partial charge in [0, 0.05) is 13.1 Å². The molecule has 3 heterocycles. The van der Waals surface area contributed by atoms with Gasteiger partial charge >= 0.3 is 0 Å². The molecule has 1 unspecified atom stereocenters. The van der Waals surface area contributed by atoms with Gasteiger partial charge in [-0.2, -0.15) is 0 Å². The molecular weight excluding hydrogens is 441 g/mol. The van der Waals surface area contributed by atoms with E-state index in [1.807, 2.05) is 27.5 Å². The number of likely N-dealkylation sites (tertiary alicyclic amines) is 1. The predicted molar refractivity (Wildman–Crippen MR) is 126 cm³/mol. The number of allylic oxidation sites excluding steroid dienone is 1. The standard InChI is InChI=1S/C24H22FN5O2S/c1-2-13-29-22(32)18-6-3-4-7-20(18)30-23(29)26-27-24(30)33-15-21(31)28-14-5-8-19(28)16-9-11-17(25)12-10-16/h2-4,6-7,9-12,19H,1,5,8,13-15H2. The summed E-state index contributed by atoms with van der Waals surface area (Å²) in [6, 6.07) is 13.6. The summed E-state index contributed by atoms with van der Waals surface area (Å²) in [5.41, 5.74) is 1.49. The molecule has 0 saturated carbocycles. The summed E-state index contributed by atoms with van der Waals surface area (Å²) in [6.45, 7) is 4.72. The van der Waals surface area contributed by atoms with Gasteiger partial charge in [-0.05, 0) is 42.7 Å². The second-order valence-electron chi connectivity index (χ2n) is 7.92. The lowest BCUT2D eigenvalue weighted by molar-refractivity contribution is -0.129. The van der Waals surface area contributed by atoms with Gasteiger partial charge in [0.05, 0.1) is 22.7 Å². The highest BCUT2D eigenvalue weighted by Gasteiger charge is 2.30. The number of rotatable bonds is 6. The summed E-state index contributed by atoms with van der Waals surface area (Å²) in [5.74, 6) is 0.310. The molecule has 7 nitrogen and oxygen atoms in total. The van der Waals surface area contributed by atoms with E-state index >= 15 is 0 Å². The van der Waals surface area contributed by atoms with Crippen LogP contribution >= 0.6 is 11.8 Å². The van der Waals surface area contributed by atoms with Gasteiger partial charge in [0.15, 0.2) is 5.16 Å². The highest BCUT2D eigenvalue weighted by atomic mass is 32.2. The minimum absolute atomic E-state index is 0.00714. The number of hydrogen-bond donors (Lipinski definition) is 0. The normalized spacial score (nSPS) is 16.0. The van der Waals surface area contributed by atoms with Crippen molar-refractivity contribution < 1.29 is 9.18 Å². The number of para-hydroxylation sites is 1. The zero-order valence-corrected chi connectivity index (χ0v) is 18.7. The van der Waals surface area contributed by atoms with Gasteiger partial charge in [0.1, 0.15) is 5.82 Å². The van der Waals surface area contributed by atoms with E-state index in [1.165, 1.54) is 28.5 Å². The van der Waals surface area contributed by atoms with Gasteiger partial charge in [0.2, 0.25) is 11.7 Å². The number of nitrogens with zero attached hydrogens (tertiary/aromatic N) is 5. The summed E-state index contributed by atoms with van der Waals surface area (Å²) in [6.07, 6.45) is 3.41. The van der Waals surface area contributed by atoms with Gasteiger partial charge in [-0.1, -0.05) is 42.1 Å². The van der Waals surface area contributed by atoms with Crippen molar-refractivity contribution in [2.24, 2.45) is 0 Å². The summed E-state index contributed by atoms with van der Waals surface area (Å²) >= 11 is 1.30. The van der Waals surface area contributed by atoms with Crippen LogP contribution in [0.15, 0.2) is 71.1 Å². The summed E-state index contributed by atoms with van der Waals surface area (Å²) in [4.78, 5) is 27.9. The third-order valence-electron chi connectivity index (χ3n) is 5.94. The molecule has 5 rings (SSSR count). The van der Waals surface area contributed by atoms with Crippen molar-refractivity contribution in [2.75, 3.05) is 12.3 Å². The summed E-state index contributed by atoms with van der Waals surface area (Å²) in [7, 11) is 0. The van der Waals surface area contributed by atoms with Gasteiger partial charge in [-0.25, -0.2) is 4.39 Å². The first-order valence-corrected chi connectivity index (χ1v) is 11.7. The molecule has 1 atom stereocenters. The summed E-state index contributed by atoms with van der Waals surface area (Å²) in [5, 5.41) is 9.62. The minimum atomic E-state index is -0.286. The monoisotopic (exact) mass is 463 g/mol. The first kappa shape index (κ1) is 21.4. The van der Waals surface area contributed by atoms with Gasteiger partial charge in [-0.15, -0.1) is 16.8 Å². The molecule has 0 spiro atoms. The van der Waals surface area contributed by atoms with E-state index in [4.69, 9.17) is 0 Å². The molecule has 9 heteroatoms. The first-order chi connectivity index (χ1) is 16.1. The number of hydrogen-bond acceptors (Lipinski definition) is 5. The lowest BCUT2D eigenvalue weighted by Crippen LogP contribution is -2.32. The van der Waals surface area contributed by atoms with Crippen molar-refractivity contribution in [3.05, 3.63) is 82.9 Å². The van der Waals surface area contributed by atoms with E-state index in [1.54, 1.807) is 24.3 Å². The van der Waals surface area contributed by atoms with Crippen LogP contribution in [-0.4, -0.2) is 42.3 Å². The van der Waals surface area contributed by atoms with Crippen molar-refractivity contribution in [1.82, 2.24) is 24.1 Å². The topological polar surface area (TPSA) is 72.5 Å². The largest absolute Gasteiger partial charge is 0.335 e. The average Bonchev–Trinajstić information content (AvgIpc) is 3.48. The number of thioether (sulfide) groups is 1. The molecular formula is C24H22FN5O2S. The molecule has 1 amide bonds.